The predicted molar refractivity (Wildman–Crippen MR) is 100 cm³/mol. The molecule has 1 saturated heterocycles. The van der Waals surface area contributed by atoms with Crippen LogP contribution in [0.25, 0.3) is 11.0 Å². The molecule has 0 saturated carbocycles. The minimum Gasteiger partial charge on any atom is -0.459 e. The predicted octanol–water partition coefficient (Wildman–Crippen LogP) is 4.05. The fourth-order valence-electron chi connectivity index (χ4n) is 3.30. The van der Waals surface area contributed by atoms with Gasteiger partial charge in [-0.2, -0.15) is 0 Å². The van der Waals surface area contributed by atoms with Crippen molar-refractivity contribution >= 4 is 28.5 Å². The van der Waals surface area contributed by atoms with Crippen molar-refractivity contribution < 1.29 is 14.0 Å². The number of amides is 2. The highest BCUT2D eigenvalue weighted by atomic mass is 16.3. The molecule has 26 heavy (non-hydrogen) atoms. The van der Waals surface area contributed by atoms with Gasteiger partial charge in [-0.3, -0.25) is 9.59 Å². The molecule has 1 atom stereocenters. The highest BCUT2D eigenvalue weighted by Gasteiger charge is 2.22. The number of nitrogens with zero attached hydrogens (tertiary/aromatic N) is 1. The van der Waals surface area contributed by atoms with E-state index in [0.717, 1.165) is 23.1 Å². The van der Waals surface area contributed by atoms with Gasteiger partial charge in [0.1, 0.15) is 11.3 Å². The number of para-hydroxylation sites is 1. The van der Waals surface area contributed by atoms with Crippen molar-refractivity contribution in [1.29, 1.82) is 0 Å². The highest BCUT2D eigenvalue weighted by Crippen LogP contribution is 2.25. The second kappa shape index (κ2) is 6.67. The van der Waals surface area contributed by atoms with Gasteiger partial charge in [0.15, 0.2) is 0 Å². The van der Waals surface area contributed by atoms with Gasteiger partial charge < -0.3 is 14.6 Å². The van der Waals surface area contributed by atoms with E-state index < -0.39 is 0 Å². The summed E-state index contributed by atoms with van der Waals surface area (Å²) in [4.78, 5) is 26.3. The number of carbonyl (C=O) groups excluding carboxylic acids is 2. The topological polar surface area (TPSA) is 62.6 Å². The third-order valence-corrected chi connectivity index (χ3v) is 4.71. The van der Waals surface area contributed by atoms with Crippen molar-refractivity contribution in [3.8, 4) is 0 Å². The van der Waals surface area contributed by atoms with Crippen molar-refractivity contribution in [2.24, 2.45) is 0 Å². The summed E-state index contributed by atoms with van der Waals surface area (Å²) in [5, 5.41) is 3.98. The SMILES string of the molecule is C[C@@H](NC(=O)c1cccc(N2CCCC2=O)c1)c1cc2ccccc2o1. The molecule has 0 unspecified atom stereocenters. The van der Waals surface area contributed by atoms with Gasteiger partial charge in [0.05, 0.1) is 6.04 Å². The van der Waals surface area contributed by atoms with Gasteiger partial charge in [0, 0.05) is 29.6 Å². The number of hydrogen-bond acceptors (Lipinski definition) is 3. The van der Waals surface area contributed by atoms with Gasteiger partial charge in [-0.1, -0.05) is 24.3 Å². The van der Waals surface area contributed by atoms with Crippen molar-refractivity contribution in [1.82, 2.24) is 5.32 Å². The number of hydrogen-bond donors (Lipinski definition) is 1. The largest absolute Gasteiger partial charge is 0.459 e. The van der Waals surface area contributed by atoms with Crippen LogP contribution in [0.3, 0.4) is 0 Å². The maximum absolute atomic E-state index is 12.6. The number of benzene rings is 2. The third kappa shape index (κ3) is 3.08. The molecule has 0 aliphatic carbocycles. The Kier molecular flexibility index (Phi) is 4.21. The molecule has 1 aliphatic heterocycles. The minimum absolute atomic E-state index is 0.109. The molecule has 0 spiro atoms. The summed E-state index contributed by atoms with van der Waals surface area (Å²) in [7, 11) is 0. The van der Waals surface area contributed by atoms with Crippen LogP contribution in [0.5, 0.6) is 0 Å². The lowest BCUT2D eigenvalue weighted by Gasteiger charge is -2.17. The average molecular weight is 348 g/mol. The zero-order chi connectivity index (χ0) is 18.1. The van der Waals surface area contributed by atoms with Crippen LogP contribution in [0.1, 0.15) is 41.9 Å². The molecule has 1 fully saturated rings. The molecule has 0 radical (unpaired) electrons. The molecule has 2 amide bonds. The molecule has 1 aromatic heterocycles. The Morgan fingerprint density at radius 3 is 2.77 bits per heavy atom. The van der Waals surface area contributed by atoms with Gasteiger partial charge in [0.2, 0.25) is 5.91 Å². The Bertz CT molecular complexity index is 943. The quantitative estimate of drug-likeness (QED) is 0.774. The molecule has 5 heteroatoms. The molecule has 5 nitrogen and oxygen atoms in total. The van der Waals surface area contributed by atoms with E-state index in [-0.39, 0.29) is 17.9 Å². The van der Waals surface area contributed by atoms with Crippen LogP contribution in [0.15, 0.2) is 59.0 Å². The van der Waals surface area contributed by atoms with Crippen molar-refractivity contribution in [2.75, 3.05) is 11.4 Å². The minimum atomic E-state index is -0.257. The maximum atomic E-state index is 12.6. The van der Waals surface area contributed by atoms with E-state index in [1.54, 1.807) is 17.0 Å². The molecule has 1 aliphatic rings. The Labute approximate surface area is 151 Å². The number of carbonyl (C=O) groups is 2. The Hall–Kier alpha value is -3.08. The van der Waals surface area contributed by atoms with E-state index in [2.05, 4.69) is 5.32 Å². The highest BCUT2D eigenvalue weighted by molar-refractivity contribution is 5.99. The lowest BCUT2D eigenvalue weighted by Crippen LogP contribution is -2.27. The van der Waals surface area contributed by atoms with Crippen LogP contribution in [0, 0.1) is 0 Å². The zero-order valence-corrected chi connectivity index (χ0v) is 14.6. The number of furan rings is 1. The van der Waals surface area contributed by atoms with Crippen molar-refractivity contribution in [2.45, 2.75) is 25.8 Å². The van der Waals surface area contributed by atoms with E-state index in [4.69, 9.17) is 4.42 Å². The number of fused-ring (bicyclic) bond motifs is 1. The summed E-state index contributed by atoms with van der Waals surface area (Å²) in [5.74, 6) is 0.634. The molecular weight excluding hydrogens is 328 g/mol. The standard InChI is InChI=1S/C21H20N2O3/c1-14(19-13-15-6-2-3-9-18(15)26-19)22-21(25)16-7-4-8-17(12-16)23-11-5-10-20(23)24/h2-4,6-9,12-14H,5,10-11H2,1H3,(H,22,25)/t14-/m1/s1. The van der Waals surface area contributed by atoms with E-state index >= 15 is 0 Å². The zero-order valence-electron chi connectivity index (χ0n) is 14.6. The fraction of sp³-hybridized carbons (Fsp3) is 0.238. The van der Waals surface area contributed by atoms with E-state index in [1.807, 2.05) is 49.4 Å². The number of nitrogens with one attached hydrogen (secondary N) is 1. The first kappa shape index (κ1) is 16.4. The smallest absolute Gasteiger partial charge is 0.251 e. The average Bonchev–Trinajstić information content (AvgIpc) is 3.27. The first-order chi connectivity index (χ1) is 12.6. The molecule has 0 bridgehead atoms. The lowest BCUT2D eigenvalue weighted by atomic mass is 10.1. The molecule has 1 N–H and O–H groups in total. The van der Waals surface area contributed by atoms with Crippen molar-refractivity contribution in [3.05, 3.63) is 65.9 Å². The third-order valence-electron chi connectivity index (χ3n) is 4.71. The molecule has 3 aromatic rings. The van der Waals surface area contributed by atoms with E-state index in [9.17, 15) is 9.59 Å². The first-order valence-corrected chi connectivity index (χ1v) is 8.81. The first-order valence-electron chi connectivity index (χ1n) is 8.81. The van der Waals surface area contributed by atoms with Gasteiger partial charge in [-0.15, -0.1) is 0 Å². The van der Waals surface area contributed by atoms with E-state index in [1.165, 1.54) is 0 Å². The van der Waals surface area contributed by atoms with Crippen LogP contribution < -0.4 is 10.2 Å². The van der Waals surface area contributed by atoms with Crippen LogP contribution >= 0.6 is 0 Å². The maximum Gasteiger partial charge on any atom is 0.251 e. The summed E-state index contributed by atoms with van der Waals surface area (Å²) >= 11 is 0. The molecule has 2 heterocycles. The second-order valence-electron chi connectivity index (χ2n) is 6.58. The summed E-state index contributed by atoms with van der Waals surface area (Å²) in [6.07, 6.45) is 1.43. The van der Waals surface area contributed by atoms with Gasteiger partial charge in [-0.25, -0.2) is 0 Å². The Balaban J connectivity index is 1.51. The number of rotatable bonds is 4. The normalized spacial score (nSPS) is 15.4. The Morgan fingerprint density at radius 1 is 1.15 bits per heavy atom. The lowest BCUT2D eigenvalue weighted by molar-refractivity contribution is -0.117. The van der Waals surface area contributed by atoms with Gasteiger partial charge in [0.25, 0.3) is 5.91 Å². The van der Waals surface area contributed by atoms with Gasteiger partial charge in [-0.05, 0) is 43.7 Å². The molecular formula is C21H20N2O3. The summed E-state index contributed by atoms with van der Waals surface area (Å²) in [5.41, 5.74) is 2.11. The molecule has 2 aromatic carbocycles. The second-order valence-corrected chi connectivity index (χ2v) is 6.58. The van der Waals surface area contributed by atoms with Crippen LogP contribution in [-0.2, 0) is 4.79 Å². The van der Waals surface area contributed by atoms with Crippen LogP contribution in [-0.4, -0.2) is 18.4 Å². The van der Waals surface area contributed by atoms with Crippen LogP contribution in [0.4, 0.5) is 5.69 Å². The monoisotopic (exact) mass is 348 g/mol. The summed E-state index contributed by atoms with van der Waals surface area (Å²) in [6.45, 7) is 2.60. The molecule has 132 valence electrons. The Morgan fingerprint density at radius 2 is 2.00 bits per heavy atom. The summed E-state index contributed by atoms with van der Waals surface area (Å²) < 4.78 is 5.82. The fourth-order valence-corrected chi connectivity index (χ4v) is 3.30. The van der Waals surface area contributed by atoms with E-state index in [0.29, 0.717) is 24.3 Å². The van der Waals surface area contributed by atoms with Crippen molar-refractivity contribution in [3.63, 3.8) is 0 Å². The molecule has 4 rings (SSSR count). The van der Waals surface area contributed by atoms with Gasteiger partial charge >= 0.3 is 0 Å². The van der Waals surface area contributed by atoms with Crippen LogP contribution in [0.2, 0.25) is 0 Å². The number of anilines is 1. The summed E-state index contributed by atoms with van der Waals surface area (Å²) in [6, 6.07) is 16.6.